The molecule has 4 heteroatoms. The number of nitrogens with one attached hydrogen (secondary N) is 1. The van der Waals surface area contributed by atoms with E-state index in [1.54, 1.807) is 0 Å². The third-order valence-electron chi connectivity index (χ3n) is 5.44. The molecule has 3 rings (SSSR count). The van der Waals surface area contributed by atoms with Gasteiger partial charge in [0, 0.05) is 49.5 Å². The van der Waals surface area contributed by atoms with Gasteiger partial charge < -0.3 is 15.1 Å². The van der Waals surface area contributed by atoms with Crippen molar-refractivity contribution in [1.29, 1.82) is 0 Å². The summed E-state index contributed by atoms with van der Waals surface area (Å²) < 4.78 is 0. The Morgan fingerprint density at radius 2 is 1.68 bits per heavy atom. The van der Waals surface area contributed by atoms with Gasteiger partial charge in [0.1, 0.15) is 0 Å². The fraction of sp³-hybridized carbons (Fsp3) is 0.667. The first-order valence-electron chi connectivity index (χ1n) is 9.94. The number of nitrogens with zero attached hydrogens (tertiary/aromatic N) is 2. The first kappa shape index (κ1) is 18.2. The Morgan fingerprint density at radius 1 is 1.04 bits per heavy atom. The quantitative estimate of drug-likeness (QED) is 0.853. The fourth-order valence-electron chi connectivity index (χ4n) is 4.25. The molecule has 1 N–H and O–H groups in total. The van der Waals surface area contributed by atoms with E-state index in [9.17, 15) is 4.79 Å². The van der Waals surface area contributed by atoms with Crippen molar-refractivity contribution in [3.63, 3.8) is 0 Å². The van der Waals surface area contributed by atoms with Gasteiger partial charge in [0.2, 0.25) is 5.91 Å². The maximum Gasteiger partial charge on any atom is 0.227 e. The predicted octanol–water partition coefficient (Wildman–Crippen LogP) is 3.81. The molecule has 1 aromatic carbocycles. The van der Waals surface area contributed by atoms with Crippen LogP contribution >= 0.6 is 0 Å². The maximum atomic E-state index is 11.9. The zero-order valence-electron chi connectivity index (χ0n) is 16.0. The average molecular weight is 344 g/mol. The molecule has 0 bridgehead atoms. The topological polar surface area (TPSA) is 35.6 Å². The summed E-state index contributed by atoms with van der Waals surface area (Å²) >= 11 is 0. The number of carbonyl (C=O) groups excluding carboxylic acids is 1. The summed E-state index contributed by atoms with van der Waals surface area (Å²) in [6.07, 6.45) is 5.33. The summed E-state index contributed by atoms with van der Waals surface area (Å²) in [7, 11) is 0. The van der Waals surface area contributed by atoms with E-state index in [1.807, 2.05) is 4.90 Å². The lowest BCUT2D eigenvalue weighted by molar-refractivity contribution is -0.117. The van der Waals surface area contributed by atoms with Crippen molar-refractivity contribution in [3.8, 4) is 0 Å². The van der Waals surface area contributed by atoms with E-state index < -0.39 is 0 Å². The summed E-state index contributed by atoms with van der Waals surface area (Å²) in [4.78, 5) is 16.2. The third-order valence-corrected chi connectivity index (χ3v) is 5.44. The van der Waals surface area contributed by atoms with E-state index in [2.05, 4.69) is 55.3 Å². The molecule has 2 aliphatic heterocycles. The summed E-state index contributed by atoms with van der Waals surface area (Å²) in [5.74, 6) is 1.01. The Morgan fingerprint density at radius 3 is 2.24 bits per heavy atom. The average Bonchev–Trinajstić information content (AvgIpc) is 3.01. The number of hydrogen-bond acceptors (Lipinski definition) is 3. The summed E-state index contributed by atoms with van der Waals surface area (Å²) in [5, 5.41) is 3.80. The molecule has 2 saturated heterocycles. The van der Waals surface area contributed by atoms with Crippen LogP contribution in [0.4, 0.5) is 11.4 Å². The molecule has 1 aromatic rings. The molecule has 2 heterocycles. The second kappa shape index (κ2) is 8.22. The third kappa shape index (κ3) is 4.75. The number of rotatable bonds is 6. The lowest BCUT2D eigenvalue weighted by Crippen LogP contribution is -2.45. The molecule has 1 atom stereocenters. The minimum absolute atomic E-state index is 0.259. The summed E-state index contributed by atoms with van der Waals surface area (Å²) in [6.45, 7) is 9.97. The number of amides is 1. The van der Waals surface area contributed by atoms with E-state index in [-0.39, 0.29) is 5.91 Å². The van der Waals surface area contributed by atoms with Crippen molar-refractivity contribution < 1.29 is 4.79 Å². The normalized spacial score (nSPS) is 20.6. The van der Waals surface area contributed by atoms with Gasteiger partial charge in [-0.2, -0.15) is 0 Å². The van der Waals surface area contributed by atoms with Gasteiger partial charge in [-0.25, -0.2) is 0 Å². The molecule has 0 aromatic heterocycles. The van der Waals surface area contributed by atoms with Crippen LogP contribution in [-0.2, 0) is 4.79 Å². The second-order valence-electron chi connectivity index (χ2n) is 8.12. The highest BCUT2D eigenvalue weighted by molar-refractivity contribution is 5.95. The van der Waals surface area contributed by atoms with Gasteiger partial charge in [0.15, 0.2) is 0 Å². The highest BCUT2D eigenvalue weighted by atomic mass is 16.2. The van der Waals surface area contributed by atoms with Crippen LogP contribution < -0.4 is 15.1 Å². The number of hydrogen-bond donors (Lipinski definition) is 1. The predicted molar refractivity (Wildman–Crippen MR) is 105 cm³/mol. The van der Waals surface area contributed by atoms with Gasteiger partial charge >= 0.3 is 0 Å². The van der Waals surface area contributed by atoms with Crippen molar-refractivity contribution in [2.75, 3.05) is 29.4 Å². The largest absolute Gasteiger partial charge is 0.371 e. The van der Waals surface area contributed by atoms with Gasteiger partial charge in [0.05, 0.1) is 0 Å². The molecule has 1 unspecified atom stereocenters. The monoisotopic (exact) mass is 343 g/mol. The first-order chi connectivity index (χ1) is 12.0. The molecular weight excluding hydrogens is 310 g/mol. The molecule has 1 amide bonds. The van der Waals surface area contributed by atoms with Crippen LogP contribution in [0, 0.1) is 5.92 Å². The number of piperidine rings is 1. The van der Waals surface area contributed by atoms with Crippen molar-refractivity contribution in [2.24, 2.45) is 5.92 Å². The molecule has 0 radical (unpaired) electrons. The Balaban J connectivity index is 1.50. The highest BCUT2D eigenvalue weighted by Crippen LogP contribution is 2.26. The van der Waals surface area contributed by atoms with E-state index in [0.29, 0.717) is 18.5 Å². The number of carbonyl (C=O) groups is 1. The van der Waals surface area contributed by atoms with Crippen LogP contribution in [0.5, 0.6) is 0 Å². The lowest BCUT2D eigenvalue weighted by Gasteiger charge is -2.35. The van der Waals surface area contributed by atoms with Crippen LogP contribution in [0.3, 0.4) is 0 Å². The van der Waals surface area contributed by atoms with Crippen LogP contribution in [0.2, 0.25) is 0 Å². The first-order valence-corrected chi connectivity index (χ1v) is 9.94. The van der Waals surface area contributed by atoms with Gasteiger partial charge in [-0.05, 0) is 62.8 Å². The van der Waals surface area contributed by atoms with E-state index in [4.69, 9.17) is 0 Å². The van der Waals surface area contributed by atoms with Crippen LogP contribution in [0.1, 0.15) is 52.9 Å². The SMILES string of the molecule is CC(C)CC(C)NC1CCN(c2ccc(N3CCCC3=O)cc2)CC1. The molecule has 4 nitrogen and oxygen atoms in total. The number of anilines is 2. The van der Waals surface area contributed by atoms with Crippen LogP contribution in [0.25, 0.3) is 0 Å². The van der Waals surface area contributed by atoms with Gasteiger partial charge in [0.25, 0.3) is 0 Å². The Bertz CT molecular complexity index is 561. The van der Waals surface area contributed by atoms with Crippen molar-refractivity contribution >= 4 is 17.3 Å². The van der Waals surface area contributed by atoms with Gasteiger partial charge in [-0.1, -0.05) is 13.8 Å². The lowest BCUT2D eigenvalue weighted by atomic mass is 10.00. The molecule has 0 saturated carbocycles. The fourth-order valence-corrected chi connectivity index (χ4v) is 4.25. The minimum Gasteiger partial charge on any atom is -0.371 e. The van der Waals surface area contributed by atoms with Crippen molar-refractivity contribution in [3.05, 3.63) is 24.3 Å². The molecular formula is C21H33N3O. The Hall–Kier alpha value is -1.55. The van der Waals surface area contributed by atoms with Crippen LogP contribution in [0.15, 0.2) is 24.3 Å². The van der Waals surface area contributed by atoms with E-state index in [0.717, 1.165) is 37.7 Å². The Kier molecular flexibility index (Phi) is 6.00. The molecule has 138 valence electrons. The van der Waals surface area contributed by atoms with Gasteiger partial charge in [-0.3, -0.25) is 4.79 Å². The molecule has 2 aliphatic rings. The summed E-state index contributed by atoms with van der Waals surface area (Å²) in [6, 6.07) is 9.81. The van der Waals surface area contributed by atoms with Crippen molar-refractivity contribution in [2.45, 2.75) is 65.0 Å². The molecule has 2 fully saturated rings. The zero-order chi connectivity index (χ0) is 17.8. The Labute approximate surface area is 152 Å². The standard InChI is InChI=1S/C21H33N3O/c1-16(2)15-17(3)22-18-10-13-23(14-11-18)19-6-8-20(9-7-19)24-12-4-5-21(24)25/h6-9,16-18,22H,4-5,10-15H2,1-3H3. The maximum absolute atomic E-state index is 11.9. The summed E-state index contributed by atoms with van der Waals surface area (Å²) in [5.41, 5.74) is 2.33. The highest BCUT2D eigenvalue weighted by Gasteiger charge is 2.23. The molecule has 0 spiro atoms. The van der Waals surface area contributed by atoms with E-state index >= 15 is 0 Å². The molecule has 0 aliphatic carbocycles. The second-order valence-corrected chi connectivity index (χ2v) is 8.12. The van der Waals surface area contributed by atoms with E-state index in [1.165, 1.54) is 24.9 Å². The minimum atomic E-state index is 0.259. The van der Waals surface area contributed by atoms with Gasteiger partial charge in [-0.15, -0.1) is 0 Å². The van der Waals surface area contributed by atoms with Crippen LogP contribution in [-0.4, -0.2) is 37.6 Å². The van der Waals surface area contributed by atoms with Crippen molar-refractivity contribution in [1.82, 2.24) is 5.32 Å². The smallest absolute Gasteiger partial charge is 0.227 e. The number of benzene rings is 1. The zero-order valence-corrected chi connectivity index (χ0v) is 16.0. The molecule has 25 heavy (non-hydrogen) atoms.